The molecule has 94 valence electrons. The monoisotopic (exact) mass is 227 g/mol. The molecule has 1 aliphatic heterocycles. The summed E-state index contributed by atoms with van der Waals surface area (Å²) in [7, 11) is 0. The highest BCUT2D eigenvalue weighted by atomic mass is 16.5. The van der Waals surface area contributed by atoms with E-state index in [1.165, 1.54) is 32.1 Å². The third kappa shape index (κ3) is 3.72. The van der Waals surface area contributed by atoms with Crippen LogP contribution < -0.4 is 5.73 Å². The largest absolute Gasteiger partial charge is 0.378 e. The van der Waals surface area contributed by atoms with E-state index in [-0.39, 0.29) is 6.10 Å². The molecule has 2 rings (SSSR count). The summed E-state index contributed by atoms with van der Waals surface area (Å²) in [6, 6.07) is 0. The minimum absolute atomic E-state index is 0.281. The molecule has 1 saturated carbocycles. The van der Waals surface area contributed by atoms with Crippen molar-refractivity contribution in [2.24, 2.45) is 11.7 Å². The second-order valence-electron chi connectivity index (χ2n) is 5.23. The van der Waals surface area contributed by atoms with Crippen molar-refractivity contribution in [1.29, 1.82) is 0 Å². The van der Waals surface area contributed by atoms with Crippen molar-refractivity contribution in [3.63, 3.8) is 0 Å². The molecule has 2 N–H and O–H groups in total. The smallest absolute Gasteiger partial charge is 0.0813 e. The van der Waals surface area contributed by atoms with E-state index >= 15 is 0 Å². The van der Waals surface area contributed by atoms with Gasteiger partial charge in [-0.3, -0.25) is 0 Å². The summed E-state index contributed by atoms with van der Waals surface area (Å²) in [5, 5.41) is 0. The molecular formula is C13H25NO2. The topological polar surface area (TPSA) is 44.5 Å². The van der Waals surface area contributed by atoms with E-state index in [2.05, 4.69) is 0 Å². The Balaban J connectivity index is 1.54. The number of rotatable bonds is 5. The van der Waals surface area contributed by atoms with Crippen molar-refractivity contribution < 1.29 is 9.47 Å². The summed E-state index contributed by atoms with van der Waals surface area (Å²) in [6.07, 6.45) is 9.72. The highest BCUT2D eigenvalue weighted by molar-refractivity contribution is 4.74. The van der Waals surface area contributed by atoms with Gasteiger partial charge in [0, 0.05) is 13.2 Å². The molecule has 0 aromatic heterocycles. The summed E-state index contributed by atoms with van der Waals surface area (Å²) in [6.45, 7) is 2.36. The standard InChI is InChI=1S/C13H25NO2/c14-8-12-6-7-13(16-12)10-15-9-11-4-2-1-3-5-11/h11-13H,1-10,14H2. The maximum Gasteiger partial charge on any atom is 0.0813 e. The van der Waals surface area contributed by atoms with Crippen LogP contribution in [-0.2, 0) is 9.47 Å². The molecule has 0 aromatic rings. The Bertz CT molecular complexity index is 192. The molecule has 2 atom stereocenters. The van der Waals surface area contributed by atoms with Crippen LogP contribution >= 0.6 is 0 Å². The van der Waals surface area contributed by atoms with Gasteiger partial charge in [-0.15, -0.1) is 0 Å². The summed E-state index contributed by atoms with van der Waals surface area (Å²) in [5.74, 6) is 0.806. The molecule has 1 saturated heterocycles. The predicted molar refractivity (Wildman–Crippen MR) is 64.3 cm³/mol. The second kappa shape index (κ2) is 6.58. The second-order valence-corrected chi connectivity index (χ2v) is 5.23. The Labute approximate surface area is 98.7 Å². The lowest BCUT2D eigenvalue weighted by Gasteiger charge is -2.22. The van der Waals surface area contributed by atoms with Gasteiger partial charge in [-0.2, -0.15) is 0 Å². The van der Waals surface area contributed by atoms with Gasteiger partial charge in [0.15, 0.2) is 0 Å². The van der Waals surface area contributed by atoms with E-state index in [0.29, 0.717) is 12.6 Å². The zero-order valence-electron chi connectivity index (χ0n) is 10.2. The molecule has 1 aliphatic carbocycles. The SMILES string of the molecule is NCC1CCC(COCC2CCCCC2)O1. The Morgan fingerprint density at radius 1 is 0.938 bits per heavy atom. The van der Waals surface area contributed by atoms with Gasteiger partial charge in [0.1, 0.15) is 0 Å². The Kier molecular flexibility index (Phi) is 5.07. The normalized spacial score (nSPS) is 32.1. The van der Waals surface area contributed by atoms with Crippen LogP contribution in [0.5, 0.6) is 0 Å². The average molecular weight is 227 g/mol. The van der Waals surface area contributed by atoms with Gasteiger partial charge in [0.2, 0.25) is 0 Å². The van der Waals surface area contributed by atoms with Crippen molar-refractivity contribution in [2.75, 3.05) is 19.8 Å². The van der Waals surface area contributed by atoms with Crippen molar-refractivity contribution in [1.82, 2.24) is 0 Å². The minimum atomic E-state index is 0.281. The van der Waals surface area contributed by atoms with E-state index in [1.54, 1.807) is 0 Å². The third-order valence-electron chi connectivity index (χ3n) is 3.84. The van der Waals surface area contributed by atoms with Crippen LogP contribution in [0.1, 0.15) is 44.9 Å². The molecule has 16 heavy (non-hydrogen) atoms. The molecule has 3 nitrogen and oxygen atoms in total. The molecule has 0 spiro atoms. The first kappa shape index (κ1) is 12.3. The van der Waals surface area contributed by atoms with Gasteiger partial charge < -0.3 is 15.2 Å². The highest BCUT2D eigenvalue weighted by Crippen LogP contribution is 2.24. The van der Waals surface area contributed by atoms with Gasteiger partial charge in [-0.25, -0.2) is 0 Å². The van der Waals surface area contributed by atoms with Gasteiger partial charge in [0.25, 0.3) is 0 Å². The highest BCUT2D eigenvalue weighted by Gasteiger charge is 2.24. The van der Waals surface area contributed by atoms with Crippen LogP contribution in [-0.4, -0.2) is 32.0 Å². The van der Waals surface area contributed by atoms with Crippen LogP contribution in [0.3, 0.4) is 0 Å². The number of nitrogens with two attached hydrogens (primary N) is 1. The molecule has 0 radical (unpaired) electrons. The van der Waals surface area contributed by atoms with E-state index in [9.17, 15) is 0 Å². The van der Waals surface area contributed by atoms with Crippen molar-refractivity contribution in [3.8, 4) is 0 Å². The molecule has 1 heterocycles. The summed E-state index contributed by atoms with van der Waals surface area (Å²) in [4.78, 5) is 0. The molecule has 0 aromatic carbocycles. The van der Waals surface area contributed by atoms with Gasteiger partial charge in [-0.05, 0) is 31.6 Å². The van der Waals surface area contributed by atoms with Crippen LogP contribution in [0.25, 0.3) is 0 Å². The summed E-state index contributed by atoms with van der Waals surface area (Å²) in [5.41, 5.74) is 5.58. The number of hydrogen-bond acceptors (Lipinski definition) is 3. The molecule has 0 bridgehead atoms. The van der Waals surface area contributed by atoms with Gasteiger partial charge >= 0.3 is 0 Å². The van der Waals surface area contributed by atoms with E-state index in [0.717, 1.165) is 32.0 Å². The van der Waals surface area contributed by atoms with Crippen LogP contribution in [0.15, 0.2) is 0 Å². The first-order valence-corrected chi connectivity index (χ1v) is 6.81. The maximum absolute atomic E-state index is 5.78. The number of hydrogen-bond donors (Lipinski definition) is 1. The molecule has 3 heteroatoms. The fraction of sp³-hybridized carbons (Fsp3) is 1.00. The lowest BCUT2D eigenvalue weighted by atomic mass is 9.90. The maximum atomic E-state index is 5.78. The summed E-state index contributed by atoms with van der Waals surface area (Å²) < 4.78 is 11.5. The van der Waals surface area contributed by atoms with Gasteiger partial charge in [-0.1, -0.05) is 19.3 Å². The van der Waals surface area contributed by atoms with Crippen molar-refractivity contribution >= 4 is 0 Å². The van der Waals surface area contributed by atoms with Crippen LogP contribution in [0.2, 0.25) is 0 Å². The molecule has 2 unspecified atom stereocenters. The van der Waals surface area contributed by atoms with E-state index in [4.69, 9.17) is 15.2 Å². The van der Waals surface area contributed by atoms with E-state index in [1.807, 2.05) is 0 Å². The van der Waals surface area contributed by atoms with Crippen LogP contribution in [0.4, 0.5) is 0 Å². The first-order valence-electron chi connectivity index (χ1n) is 6.81. The number of ether oxygens (including phenoxy) is 2. The van der Waals surface area contributed by atoms with E-state index < -0.39 is 0 Å². The zero-order valence-corrected chi connectivity index (χ0v) is 10.2. The minimum Gasteiger partial charge on any atom is -0.378 e. The fourth-order valence-electron chi connectivity index (χ4n) is 2.80. The van der Waals surface area contributed by atoms with Crippen LogP contribution in [0, 0.1) is 5.92 Å². The molecule has 2 aliphatic rings. The Morgan fingerprint density at radius 2 is 1.69 bits per heavy atom. The molecular weight excluding hydrogens is 202 g/mol. The Morgan fingerprint density at radius 3 is 2.38 bits per heavy atom. The zero-order chi connectivity index (χ0) is 11.2. The fourth-order valence-corrected chi connectivity index (χ4v) is 2.80. The quantitative estimate of drug-likeness (QED) is 0.782. The molecule has 0 amide bonds. The lowest BCUT2D eigenvalue weighted by Crippen LogP contribution is -2.24. The first-order chi connectivity index (χ1) is 7.88. The Hall–Kier alpha value is -0.120. The third-order valence-corrected chi connectivity index (χ3v) is 3.84. The lowest BCUT2D eigenvalue weighted by molar-refractivity contribution is -0.0227. The van der Waals surface area contributed by atoms with Gasteiger partial charge in [0.05, 0.1) is 18.8 Å². The average Bonchev–Trinajstić information content (AvgIpc) is 2.78. The van der Waals surface area contributed by atoms with Crippen molar-refractivity contribution in [2.45, 2.75) is 57.2 Å². The predicted octanol–water partition coefficient (Wildman–Crippen LogP) is 2.09. The van der Waals surface area contributed by atoms with Crippen molar-refractivity contribution in [3.05, 3.63) is 0 Å². The summed E-state index contributed by atoms with van der Waals surface area (Å²) >= 11 is 0. The molecule has 2 fully saturated rings.